The van der Waals surface area contributed by atoms with E-state index in [1.807, 2.05) is 35.1 Å². The fourth-order valence-corrected chi connectivity index (χ4v) is 4.43. The van der Waals surface area contributed by atoms with Crippen LogP contribution in [-0.4, -0.2) is 27.4 Å². The normalized spacial score (nSPS) is 17.8. The Balaban J connectivity index is 1.78. The maximum Gasteiger partial charge on any atom is 0.326 e. The number of amides is 1. The van der Waals surface area contributed by atoms with Crippen molar-refractivity contribution in [3.05, 3.63) is 53.3 Å². The van der Waals surface area contributed by atoms with Gasteiger partial charge in [0, 0.05) is 23.9 Å². The van der Waals surface area contributed by atoms with Gasteiger partial charge in [0.05, 0.1) is 0 Å². The quantitative estimate of drug-likeness (QED) is 0.832. The Bertz CT molecular complexity index is 995. The zero-order chi connectivity index (χ0) is 19.0. The Kier molecular flexibility index (Phi) is 4.39. The Morgan fingerprint density at radius 2 is 2.00 bits per heavy atom. The summed E-state index contributed by atoms with van der Waals surface area (Å²) in [7, 11) is -4.15. The first-order valence-electron chi connectivity index (χ1n) is 8.55. The molecular formula is C18H18FN3O4S. The van der Waals surface area contributed by atoms with E-state index in [0.29, 0.717) is 24.2 Å². The first-order chi connectivity index (χ1) is 13.0. The number of fused-ring (bicyclic) bond motifs is 1. The lowest BCUT2D eigenvalue weighted by molar-refractivity contribution is -0.117. The average molecular weight is 391 g/mol. The van der Waals surface area contributed by atoms with Crippen LogP contribution in [0, 0.1) is 5.82 Å². The third kappa shape index (κ3) is 3.30. The molecule has 9 heteroatoms. The number of ether oxygens (including phenoxy) is 1. The van der Waals surface area contributed by atoms with E-state index in [-0.39, 0.29) is 18.0 Å². The summed E-state index contributed by atoms with van der Waals surface area (Å²) in [4.78, 5) is 11.6. The molecule has 1 amide bonds. The van der Waals surface area contributed by atoms with Gasteiger partial charge in [-0.1, -0.05) is 30.3 Å². The Hall–Kier alpha value is -2.81. The smallest absolute Gasteiger partial charge is 0.326 e. The molecule has 2 aromatic carbocycles. The summed E-state index contributed by atoms with van der Waals surface area (Å²) in [5.74, 6) is -1.31. The van der Waals surface area contributed by atoms with E-state index in [9.17, 15) is 13.2 Å². The molecule has 0 saturated carbocycles. The van der Waals surface area contributed by atoms with Crippen LogP contribution in [-0.2, 0) is 28.0 Å². The van der Waals surface area contributed by atoms with Crippen LogP contribution < -0.4 is 19.1 Å². The Labute approximate surface area is 156 Å². The van der Waals surface area contributed by atoms with Crippen molar-refractivity contribution >= 4 is 27.5 Å². The third-order valence-electron chi connectivity index (χ3n) is 4.53. The van der Waals surface area contributed by atoms with Gasteiger partial charge in [-0.3, -0.25) is 4.79 Å². The van der Waals surface area contributed by atoms with Gasteiger partial charge < -0.3 is 10.1 Å². The summed E-state index contributed by atoms with van der Waals surface area (Å²) in [5, 5.41) is 3.12. The van der Waals surface area contributed by atoms with Crippen LogP contribution in [0.1, 0.15) is 17.5 Å². The van der Waals surface area contributed by atoms with Crippen LogP contribution in [0.4, 0.5) is 15.8 Å². The highest BCUT2D eigenvalue weighted by atomic mass is 32.2. The lowest BCUT2D eigenvalue weighted by Crippen LogP contribution is -2.31. The Morgan fingerprint density at radius 1 is 1.22 bits per heavy atom. The number of halogens is 1. The van der Waals surface area contributed by atoms with Crippen molar-refractivity contribution in [3.8, 4) is 5.75 Å². The maximum atomic E-state index is 15.3. The number of rotatable bonds is 4. The van der Waals surface area contributed by atoms with Crippen molar-refractivity contribution in [2.24, 2.45) is 0 Å². The standard InChI is InChI=1S/C18H18FN3O4S/c19-17-13-7-4-8-20-14(13)9-15(26-11-12-5-2-1-3-6-12)18(17)22-10-16(23)21-27(22,24)25/h1-3,5-6,9,20H,4,7-8,10-11H2,(H,21,23). The number of carbonyl (C=O) groups excluding carboxylic acids is 1. The van der Waals surface area contributed by atoms with Crippen LogP contribution in [0.25, 0.3) is 0 Å². The molecule has 2 aliphatic rings. The molecule has 0 unspecified atom stereocenters. The lowest BCUT2D eigenvalue weighted by Gasteiger charge is -2.25. The summed E-state index contributed by atoms with van der Waals surface area (Å²) in [6, 6.07) is 10.9. The molecule has 142 valence electrons. The predicted octanol–water partition coefficient (Wildman–Crippen LogP) is 1.94. The molecule has 0 aliphatic carbocycles. The molecule has 27 heavy (non-hydrogen) atoms. The molecule has 0 aromatic heterocycles. The minimum Gasteiger partial charge on any atom is -0.487 e. The molecule has 1 saturated heterocycles. The average Bonchev–Trinajstić information content (AvgIpc) is 2.93. The molecule has 2 heterocycles. The van der Waals surface area contributed by atoms with Crippen LogP contribution in [0.15, 0.2) is 36.4 Å². The second-order valence-electron chi connectivity index (χ2n) is 6.40. The number of anilines is 2. The SMILES string of the molecule is O=C1CN(c2c(OCc3ccccc3)cc3c(c2F)CCCN3)S(=O)(=O)N1. The van der Waals surface area contributed by atoms with Crippen molar-refractivity contribution in [2.45, 2.75) is 19.4 Å². The molecule has 2 N–H and O–H groups in total. The van der Waals surface area contributed by atoms with E-state index in [1.165, 1.54) is 0 Å². The van der Waals surface area contributed by atoms with Crippen molar-refractivity contribution < 1.29 is 22.3 Å². The number of hydrogen-bond donors (Lipinski definition) is 2. The molecule has 0 bridgehead atoms. The van der Waals surface area contributed by atoms with Gasteiger partial charge in [-0.25, -0.2) is 13.4 Å². The number of nitrogens with zero attached hydrogens (tertiary/aromatic N) is 1. The van der Waals surface area contributed by atoms with Gasteiger partial charge in [0.25, 0.3) is 5.91 Å². The van der Waals surface area contributed by atoms with Gasteiger partial charge in [-0.15, -0.1) is 0 Å². The minimum atomic E-state index is -4.15. The van der Waals surface area contributed by atoms with E-state index >= 15 is 4.39 Å². The third-order valence-corrected chi connectivity index (χ3v) is 5.91. The molecular weight excluding hydrogens is 373 g/mol. The predicted molar refractivity (Wildman–Crippen MR) is 98.4 cm³/mol. The molecule has 2 aliphatic heterocycles. The number of nitrogens with one attached hydrogen (secondary N) is 2. The molecule has 7 nitrogen and oxygen atoms in total. The van der Waals surface area contributed by atoms with Gasteiger partial charge >= 0.3 is 10.2 Å². The van der Waals surface area contributed by atoms with Gasteiger partial charge in [0.1, 0.15) is 24.6 Å². The van der Waals surface area contributed by atoms with Crippen LogP contribution >= 0.6 is 0 Å². The fourth-order valence-electron chi connectivity index (χ4n) is 3.27. The van der Waals surface area contributed by atoms with Crippen molar-refractivity contribution in [1.29, 1.82) is 0 Å². The van der Waals surface area contributed by atoms with E-state index in [2.05, 4.69) is 5.32 Å². The first-order valence-corrected chi connectivity index (χ1v) is 9.99. The van der Waals surface area contributed by atoms with Crippen LogP contribution in [0.3, 0.4) is 0 Å². The zero-order valence-corrected chi connectivity index (χ0v) is 15.2. The van der Waals surface area contributed by atoms with E-state index in [1.54, 1.807) is 6.07 Å². The van der Waals surface area contributed by atoms with Crippen molar-refractivity contribution in [2.75, 3.05) is 22.7 Å². The molecule has 0 spiro atoms. The summed E-state index contributed by atoms with van der Waals surface area (Å²) >= 11 is 0. The zero-order valence-electron chi connectivity index (χ0n) is 14.4. The summed E-state index contributed by atoms with van der Waals surface area (Å²) in [5.41, 5.74) is 1.61. The number of benzene rings is 2. The van der Waals surface area contributed by atoms with Crippen LogP contribution in [0.5, 0.6) is 5.75 Å². The summed E-state index contributed by atoms with van der Waals surface area (Å²) in [6.45, 7) is 0.362. The van der Waals surface area contributed by atoms with Gasteiger partial charge in [0.2, 0.25) is 0 Å². The summed E-state index contributed by atoms with van der Waals surface area (Å²) < 4.78 is 48.2. The minimum absolute atomic E-state index is 0.0737. The first kappa shape index (κ1) is 17.6. The maximum absolute atomic E-state index is 15.3. The number of hydrogen-bond acceptors (Lipinski definition) is 5. The van der Waals surface area contributed by atoms with E-state index in [0.717, 1.165) is 16.3 Å². The molecule has 1 fully saturated rings. The fraction of sp³-hybridized carbons (Fsp3) is 0.278. The highest BCUT2D eigenvalue weighted by Gasteiger charge is 2.39. The van der Waals surface area contributed by atoms with Gasteiger partial charge in [0.15, 0.2) is 5.82 Å². The second-order valence-corrected chi connectivity index (χ2v) is 8.00. The Morgan fingerprint density at radius 3 is 2.70 bits per heavy atom. The number of carbonyl (C=O) groups is 1. The lowest BCUT2D eigenvalue weighted by atomic mass is 10.0. The van der Waals surface area contributed by atoms with Crippen molar-refractivity contribution in [3.63, 3.8) is 0 Å². The highest BCUT2D eigenvalue weighted by molar-refractivity contribution is 7.92. The van der Waals surface area contributed by atoms with E-state index < -0.39 is 28.5 Å². The summed E-state index contributed by atoms with van der Waals surface area (Å²) in [6.07, 6.45) is 1.22. The molecule has 0 radical (unpaired) electrons. The van der Waals surface area contributed by atoms with Crippen LogP contribution in [0.2, 0.25) is 0 Å². The van der Waals surface area contributed by atoms with Gasteiger partial charge in [-0.2, -0.15) is 8.42 Å². The largest absolute Gasteiger partial charge is 0.487 e. The highest BCUT2D eigenvalue weighted by Crippen LogP contribution is 2.41. The second kappa shape index (κ2) is 6.73. The van der Waals surface area contributed by atoms with Gasteiger partial charge in [-0.05, 0) is 18.4 Å². The molecule has 2 aromatic rings. The monoisotopic (exact) mass is 391 g/mol. The molecule has 0 atom stereocenters. The van der Waals surface area contributed by atoms with Crippen molar-refractivity contribution in [1.82, 2.24) is 4.72 Å². The van der Waals surface area contributed by atoms with E-state index in [4.69, 9.17) is 4.74 Å². The molecule has 4 rings (SSSR count). The topological polar surface area (TPSA) is 87.7 Å².